The molecule has 136 valence electrons. The van der Waals surface area contributed by atoms with Crippen molar-refractivity contribution in [1.82, 2.24) is 14.9 Å². The Hall–Kier alpha value is -2.56. The summed E-state index contributed by atoms with van der Waals surface area (Å²) < 4.78 is 37.4. The van der Waals surface area contributed by atoms with Crippen molar-refractivity contribution in [2.24, 2.45) is 0 Å². The maximum atomic E-state index is 12.4. The third kappa shape index (κ3) is 4.15. The molecule has 8 nitrogen and oxygen atoms in total. The first-order valence-corrected chi connectivity index (χ1v) is 9.92. The normalized spacial score (nSPS) is 11.4. The fourth-order valence-electron chi connectivity index (χ4n) is 2.04. The summed E-state index contributed by atoms with van der Waals surface area (Å²) >= 11 is 1.01. The Labute approximate surface area is 153 Å². The van der Waals surface area contributed by atoms with Gasteiger partial charge in [0.2, 0.25) is 10.0 Å². The molecule has 0 atom stereocenters. The van der Waals surface area contributed by atoms with Gasteiger partial charge in [0.1, 0.15) is 4.21 Å². The molecule has 26 heavy (non-hydrogen) atoms. The van der Waals surface area contributed by atoms with Crippen LogP contribution >= 0.6 is 11.3 Å². The van der Waals surface area contributed by atoms with Gasteiger partial charge in [-0.3, -0.25) is 4.98 Å². The van der Waals surface area contributed by atoms with Gasteiger partial charge in [0.05, 0.1) is 11.5 Å². The van der Waals surface area contributed by atoms with Crippen molar-refractivity contribution in [2.75, 3.05) is 6.61 Å². The van der Waals surface area contributed by atoms with Gasteiger partial charge >= 0.3 is 5.97 Å². The molecule has 0 aliphatic rings. The minimum Gasteiger partial charge on any atom is -0.461 e. The molecule has 0 saturated carbocycles. The van der Waals surface area contributed by atoms with E-state index in [-0.39, 0.29) is 23.1 Å². The van der Waals surface area contributed by atoms with Crippen molar-refractivity contribution in [3.8, 4) is 10.6 Å². The zero-order chi connectivity index (χ0) is 18.6. The molecule has 0 spiro atoms. The molecule has 0 bridgehead atoms. The van der Waals surface area contributed by atoms with Gasteiger partial charge < -0.3 is 9.26 Å². The van der Waals surface area contributed by atoms with Crippen LogP contribution in [0.4, 0.5) is 0 Å². The van der Waals surface area contributed by atoms with Gasteiger partial charge in [-0.15, -0.1) is 11.3 Å². The summed E-state index contributed by atoms with van der Waals surface area (Å²) in [7, 11) is -3.68. The molecule has 3 heterocycles. The predicted molar refractivity (Wildman–Crippen MR) is 94.0 cm³/mol. The lowest BCUT2D eigenvalue weighted by Gasteiger charge is -2.04. The van der Waals surface area contributed by atoms with Crippen molar-refractivity contribution in [1.29, 1.82) is 0 Å². The maximum absolute atomic E-state index is 12.4. The van der Waals surface area contributed by atoms with E-state index >= 15 is 0 Å². The molecule has 0 saturated heterocycles. The van der Waals surface area contributed by atoms with Crippen molar-refractivity contribution in [2.45, 2.75) is 17.7 Å². The quantitative estimate of drug-likeness (QED) is 0.614. The van der Waals surface area contributed by atoms with Crippen LogP contribution in [0.2, 0.25) is 0 Å². The monoisotopic (exact) mass is 393 g/mol. The number of hydrogen-bond donors (Lipinski definition) is 1. The SMILES string of the molecule is CCOC(=O)c1cc(-c2ccc(S(=O)(=O)NCc3cccnc3)s2)on1. The predicted octanol–water partition coefficient (Wildman–Crippen LogP) is 2.45. The standard InChI is InChI=1S/C16H15N3O5S2/c1-2-23-16(20)12-8-13(24-19-12)14-5-6-15(25-14)26(21,22)18-10-11-4-3-7-17-9-11/h3-9,18H,2,10H2,1H3. The van der Waals surface area contributed by atoms with Crippen molar-refractivity contribution >= 4 is 27.3 Å². The van der Waals surface area contributed by atoms with Gasteiger partial charge in [-0.25, -0.2) is 17.9 Å². The first-order chi connectivity index (χ1) is 12.5. The topological polar surface area (TPSA) is 111 Å². The van der Waals surface area contributed by atoms with E-state index in [1.807, 2.05) is 0 Å². The average Bonchev–Trinajstić information content (AvgIpc) is 3.31. The molecule has 0 aliphatic heterocycles. The van der Waals surface area contributed by atoms with Gasteiger partial charge in [-0.05, 0) is 30.7 Å². The second-order valence-corrected chi connectivity index (χ2v) is 8.18. The first-order valence-electron chi connectivity index (χ1n) is 7.62. The summed E-state index contributed by atoms with van der Waals surface area (Å²) in [4.78, 5) is 16.1. The maximum Gasteiger partial charge on any atom is 0.360 e. The van der Waals surface area contributed by atoms with Crippen LogP contribution in [0.5, 0.6) is 0 Å². The number of aromatic nitrogens is 2. The van der Waals surface area contributed by atoms with E-state index in [1.54, 1.807) is 37.5 Å². The summed E-state index contributed by atoms with van der Waals surface area (Å²) in [6.07, 6.45) is 3.21. The second kappa shape index (κ2) is 7.77. The van der Waals surface area contributed by atoms with E-state index < -0.39 is 16.0 Å². The molecule has 0 unspecified atom stereocenters. The van der Waals surface area contributed by atoms with Gasteiger partial charge in [0, 0.05) is 25.0 Å². The highest BCUT2D eigenvalue weighted by Gasteiger charge is 2.20. The Kier molecular flexibility index (Phi) is 5.45. The Morgan fingerprint density at radius 1 is 1.35 bits per heavy atom. The number of sulfonamides is 1. The van der Waals surface area contributed by atoms with Gasteiger partial charge in [0.25, 0.3) is 0 Å². The molecule has 3 aromatic rings. The van der Waals surface area contributed by atoms with Crippen LogP contribution in [-0.2, 0) is 21.3 Å². The molecule has 0 fully saturated rings. The Balaban J connectivity index is 1.73. The zero-order valence-corrected chi connectivity index (χ0v) is 15.3. The largest absolute Gasteiger partial charge is 0.461 e. The van der Waals surface area contributed by atoms with Crippen LogP contribution in [-0.4, -0.2) is 31.1 Å². The van der Waals surface area contributed by atoms with Gasteiger partial charge in [-0.1, -0.05) is 11.2 Å². The average molecular weight is 393 g/mol. The minimum atomic E-state index is -3.68. The van der Waals surface area contributed by atoms with Gasteiger partial charge in [-0.2, -0.15) is 0 Å². The third-order valence-corrected chi connectivity index (χ3v) is 6.27. The molecular weight excluding hydrogens is 378 g/mol. The fraction of sp³-hybridized carbons (Fsp3) is 0.188. The molecular formula is C16H15N3O5S2. The summed E-state index contributed by atoms with van der Waals surface area (Å²) in [6, 6.07) is 8.00. The number of carbonyl (C=O) groups is 1. The number of carbonyl (C=O) groups excluding carboxylic acids is 1. The summed E-state index contributed by atoms with van der Waals surface area (Å²) in [5, 5.41) is 3.64. The van der Waals surface area contributed by atoms with E-state index in [9.17, 15) is 13.2 Å². The van der Waals surface area contributed by atoms with Crippen LogP contribution in [0.3, 0.4) is 0 Å². The highest BCUT2D eigenvalue weighted by Crippen LogP contribution is 2.31. The van der Waals surface area contributed by atoms with Gasteiger partial charge in [0.15, 0.2) is 11.5 Å². The fourth-order valence-corrected chi connectivity index (χ4v) is 4.36. The highest BCUT2D eigenvalue weighted by atomic mass is 32.2. The summed E-state index contributed by atoms with van der Waals surface area (Å²) in [5.74, 6) is -0.295. The van der Waals surface area contributed by atoms with Crippen LogP contribution in [0, 0.1) is 0 Å². The molecule has 1 N–H and O–H groups in total. The third-order valence-electron chi connectivity index (χ3n) is 3.27. The lowest BCUT2D eigenvalue weighted by molar-refractivity contribution is 0.0514. The first kappa shape index (κ1) is 18.2. The Morgan fingerprint density at radius 3 is 2.92 bits per heavy atom. The smallest absolute Gasteiger partial charge is 0.360 e. The number of hydrogen-bond acceptors (Lipinski definition) is 8. The zero-order valence-electron chi connectivity index (χ0n) is 13.7. The van der Waals surface area contributed by atoms with Crippen LogP contribution in [0.15, 0.2) is 51.5 Å². The number of nitrogens with zero attached hydrogens (tertiary/aromatic N) is 2. The lowest BCUT2D eigenvalue weighted by atomic mass is 10.3. The van der Waals surface area contributed by atoms with Crippen LogP contribution < -0.4 is 4.72 Å². The number of rotatable bonds is 7. The molecule has 0 radical (unpaired) electrons. The Morgan fingerprint density at radius 2 is 2.19 bits per heavy atom. The van der Waals surface area contributed by atoms with E-state index in [4.69, 9.17) is 9.26 Å². The molecule has 3 rings (SSSR count). The van der Waals surface area contributed by atoms with Crippen molar-refractivity contribution < 1.29 is 22.5 Å². The molecule has 3 aromatic heterocycles. The van der Waals surface area contributed by atoms with Crippen LogP contribution in [0.1, 0.15) is 23.0 Å². The molecule has 0 aliphatic carbocycles. The number of ether oxygens (including phenoxy) is 1. The van der Waals surface area contributed by atoms with E-state index in [0.29, 0.717) is 10.6 Å². The van der Waals surface area contributed by atoms with E-state index in [2.05, 4.69) is 14.9 Å². The summed E-state index contributed by atoms with van der Waals surface area (Å²) in [6.45, 7) is 2.05. The van der Waals surface area contributed by atoms with Crippen molar-refractivity contribution in [3.05, 3.63) is 54.0 Å². The lowest BCUT2D eigenvalue weighted by Crippen LogP contribution is -2.22. The van der Waals surface area contributed by atoms with E-state index in [0.717, 1.165) is 16.9 Å². The highest BCUT2D eigenvalue weighted by molar-refractivity contribution is 7.91. The molecule has 10 heteroatoms. The molecule has 0 aromatic carbocycles. The van der Waals surface area contributed by atoms with Crippen molar-refractivity contribution in [3.63, 3.8) is 0 Å². The number of pyridine rings is 1. The van der Waals surface area contributed by atoms with E-state index in [1.165, 1.54) is 12.1 Å². The number of thiophene rings is 1. The molecule has 0 amide bonds. The number of esters is 1. The number of nitrogens with one attached hydrogen (secondary N) is 1. The second-order valence-electron chi connectivity index (χ2n) is 5.10. The minimum absolute atomic E-state index is 0.0364. The van der Waals surface area contributed by atoms with Crippen LogP contribution in [0.25, 0.3) is 10.6 Å². The summed E-state index contributed by atoms with van der Waals surface area (Å²) in [5.41, 5.74) is 0.788. The Bertz CT molecular complexity index is 996.